The highest BCUT2D eigenvalue weighted by atomic mass is 32.1. The standard InChI is InChI=1S/C23H22N4OS/c1-16-4-3-5-18(14-16)26-23-24-13-12-20(27-23)21-10-11-22(29-21)25-15-17-6-8-19(28-2)9-7-17/h3-14,25H,15H2,1-2H3,(H,24,26,27). The van der Waals surface area contributed by atoms with Gasteiger partial charge in [-0.1, -0.05) is 24.3 Å². The van der Waals surface area contributed by atoms with Crippen LogP contribution in [0.2, 0.25) is 0 Å². The highest BCUT2D eigenvalue weighted by Crippen LogP contribution is 2.31. The molecule has 0 unspecified atom stereocenters. The van der Waals surface area contributed by atoms with Crippen LogP contribution in [0.3, 0.4) is 0 Å². The van der Waals surface area contributed by atoms with Crippen molar-refractivity contribution in [2.75, 3.05) is 17.7 Å². The molecule has 2 aromatic heterocycles. The quantitative estimate of drug-likeness (QED) is 0.404. The molecule has 0 saturated carbocycles. The van der Waals surface area contributed by atoms with E-state index in [1.165, 1.54) is 11.1 Å². The van der Waals surface area contributed by atoms with Gasteiger partial charge in [-0.05, 0) is 60.5 Å². The van der Waals surface area contributed by atoms with Gasteiger partial charge in [-0.15, -0.1) is 11.3 Å². The van der Waals surface area contributed by atoms with E-state index in [2.05, 4.69) is 63.9 Å². The van der Waals surface area contributed by atoms with Crippen LogP contribution in [0.1, 0.15) is 11.1 Å². The summed E-state index contributed by atoms with van der Waals surface area (Å²) in [5.41, 5.74) is 4.28. The molecule has 29 heavy (non-hydrogen) atoms. The second-order valence-electron chi connectivity index (χ2n) is 6.63. The van der Waals surface area contributed by atoms with E-state index in [4.69, 9.17) is 4.74 Å². The Balaban J connectivity index is 1.43. The average Bonchev–Trinajstić information content (AvgIpc) is 3.22. The Morgan fingerprint density at radius 2 is 1.86 bits per heavy atom. The first-order valence-corrected chi connectivity index (χ1v) is 10.1. The first-order chi connectivity index (χ1) is 14.2. The summed E-state index contributed by atoms with van der Waals surface area (Å²) < 4.78 is 5.20. The fraction of sp³-hybridized carbons (Fsp3) is 0.130. The maximum atomic E-state index is 5.20. The van der Waals surface area contributed by atoms with Gasteiger partial charge in [0.05, 0.1) is 22.7 Å². The van der Waals surface area contributed by atoms with Crippen molar-refractivity contribution in [2.24, 2.45) is 0 Å². The van der Waals surface area contributed by atoms with E-state index >= 15 is 0 Å². The minimum atomic E-state index is 0.592. The molecule has 0 aliphatic carbocycles. The van der Waals surface area contributed by atoms with Crippen molar-refractivity contribution in [2.45, 2.75) is 13.5 Å². The summed E-state index contributed by atoms with van der Waals surface area (Å²) in [5, 5.41) is 7.84. The Kier molecular flexibility index (Phi) is 5.72. The number of anilines is 3. The lowest BCUT2D eigenvalue weighted by Gasteiger charge is -2.06. The van der Waals surface area contributed by atoms with E-state index in [1.54, 1.807) is 24.6 Å². The molecule has 0 aliphatic heterocycles. The summed E-state index contributed by atoms with van der Waals surface area (Å²) in [5.74, 6) is 1.46. The van der Waals surface area contributed by atoms with Gasteiger partial charge in [-0.25, -0.2) is 9.97 Å². The summed E-state index contributed by atoms with van der Waals surface area (Å²) >= 11 is 1.68. The fourth-order valence-corrected chi connectivity index (χ4v) is 3.78. The van der Waals surface area contributed by atoms with E-state index in [0.717, 1.165) is 33.6 Å². The molecule has 4 aromatic rings. The van der Waals surface area contributed by atoms with Gasteiger partial charge in [0, 0.05) is 18.4 Å². The van der Waals surface area contributed by atoms with Crippen molar-refractivity contribution in [3.63, 3.8) is 0 Å². The predicted octanol–water partition coefficient (Wildman–Crippen LogP) is 5.88. The third kappa shape index (κ3) is 4.92. The zero-order valence-corrected chi connectivity index (χ0v) is 17.2. The molecule has 5 nitrogen and oxygen atoms in total. The zero-order chi connectivity index (χ0) is 20.1. The van der Waals surface area contributed by atoms with Crippen LogP contribution in [0.5, 0.6) is 5.75 Å². The number of aromatic nitrogens is 2. The summed E-state index contributed by atoms with van der Waals surface area (Å²) in [7, 11) is 1.68. The van der Waals surface area contributed by atoms with E-state index in [-0.39, 0.29) is 0 Å². The van der Waals surface area contributed by atoms with Crippen molar-refractivity contribution in [1.29, 1.82) is 0 Å². The molecule has 146 valence electrons. The molecular weight excluding hydrogens is 380 g/mol. The van der Waals surface area contributed by atoms with Crippen LogP contribution in [0.4, 0.5) is 16.6 Å². The van der Waals surface area contributed by atoms with Crippen LogP contribution >= 0.6 is 11.3 Å². The van der Waals surface area contributed by atoms with Gasteiger partial charge in [-0.2, -0.15) is 0 Å². The second-order valence-corrected chi connectivity index (χ2v) is 7.71. The van der Waals surface area contributed by atoms with E-state index in [0.29, 0.717) is 5.95 Å². The number of hydrogen-bond acceptors (Lipinski definition) is 6. The molecule has 0 saturated heterocycles. The Bertz CT molecular complexity index is 1090. The van der Waals surface area contributed by atoms with Crippen molar-refractivity contribution in [1.82, 2.24) is 9.97 Å². The molecule has 0 atom stereocenters. The number of hydrogen-bond donors (Lipinski definition) is 2. The van der Waals surface area contributed by atoms with Crippen LogP contribution in [0.25, 0.3) is 10.6 Å². The van der Waals surface area contributed by atoms with E-state index < -0.39 is 0 Å². The van der Waals surface area contributed by atoms with Gasteiger partial charge < -0.3 is 15.4 Å². The Labute approximate surface area is 174 Å². The monoisotopic (exact) mass is 402 g/mol. The third-order valence-electron chi connectivity index (χ3n) is 4.41. The molecule has 0 radical (unpaired) electrons. The van der Waals surface area contributed by atoms with Crippen molar-refractivity contribution >= 4 is 28.0 Å². The van der Waals surface area contributed by atoms with Crippen LogP contribution in [0, 0.1) is 6.92 Å². The average molecular weight is 403 g/mol. The van der Waals surface area contributed by atoms with Gasteiger partial charge in [0.2, 0.25) is 5.95 Å². The van der Waals surface area contributed by atoms with E-state index in [1.807, 2.05) is 30.3 Å². The Hall–Kier alpha value is -3.38. The highest BCUT2D eigenvalue weighted by molar-refractivity contribution is 7.19. The van der Waals surface area contributed by atoms with Crippen LogP contribution in [-0.2, 0) is 6.54 Å². The number of ether oxygens (including phenoxy) is 1. The summed E-state index contributed by atoms with van der Waals surface area (Å²) in [6.45, 7) is 2.82. The van der Waals surface area contributed by atoms with Gasteiger partial charge >= 0.3 is 0 Å². The van der Waals surface area contributed by atoms with Crippen LogP contribution in [-0.4, -0.2) is 17.1 Å². The summed E-state index contributed by atoms with van der Waals surface area (Å²) in [6.07, 6.45) is 1.78. The Morgan fingerprint density at radius 3 is 2.66 bits per heavy atom. The molecule has 2 aromatic carbocycles. The largest absolute Gasteiger partial charge is 0.497 e. The lowest BCUT2D eigenvalue weighted by molar-refractivity contribution is 0.414. The lowest BCUT2D eigenvalue weighted by atomic mass is 10.2. The molecule has 0 amide bonds. The minimum absolute atomic E-state index is 0.592. The molecule has 0 spiro atoms. The fourth-order valence-electron chi connectivity index (χ4n) is 2.91. The van der Waals surface area contributed by atoms with Gasteiger partial charge in [-0.3, -0.25) is 0 Å². The molecule has 2 N–H and O–H groups in total. The third-order valence-corrected chi connectivity index (χ3v) is 5.48. The zero-order valence-electron chi connectivity index (χ0n) is 16.3. The van der Waals surface area contributed by atoms with Crippen molar-refractivity contribution in [3.8, 4) is 16.3 Å². The number of rotatable bonds is 7. The first-order valence-electron chi connectivity index (χ1n) is 9.33. The SMILES string of the molecule is COc1ccc(CNc2ccc(-c3ccnc(Nc4cccc(C)c4)n3)s2)cc1. The normalized spacial score (nSPS) is 10.6. The number of benzene rings is 2. The van der Waals surface area contributed by atoms with Gasteiger partial charge in [0.1, 0.15) is 5.75 Å². The van der Waals surface area contributed by atoms with Crippen LogP contribution in [0.15, 0.2) is 72.9 Å². The summed E-state index contributed by atoms with van der Waals surface area (Å²) in [4.78, 5) is 10.1. The summed E-state index contributed by atoms with van der Waals surface area (Å²) in [6, 6.07) is 22.3. The second kappa shape index (κ2) is 8.75. The molecular formula is C23H22N4OS. The number of thiophene rings is 1. The molecule has 2 heterocycles. The molecule has 6 heteroatoms. The highest BCUT2D eigenvalue weighted by Gasteiger charge is 2.07. The first kappa shape index (κ1) is 19.0. The van der Waals surface area contributed by atoms with Gasteiger partial charge in [0.15, 0.2) is 0 Å². The number of nitrogens with one attached hydrogen (secondary N) is 2. The molecule has 4 rings (SSSR count). The van der Waals surface area contributed by atoms with Crippen molar-refractivity contribution < 1.29 is 4.74 Å². The topological polar surface area (TPSA) is 59.1 Å². The Morgan fingerprint density at radius 1 is 1.00 bits per heavy atom. The van der Waals surface area contributed by atoms with E-state index in [9.17, 15) is 0 Å². The predicted molar refractivity (Wildman–Crippen MR) is 120 cm³/mol. The smallest absolute Gasteiger partial charge is 0.227 e. The molecule has 0 bridgehead atoms. The lowest BCUT2D eigenvalue weighted by Crippen LogP contribution is -1.97. The van der Waals surface area contributed by atoms with Crippen molar-refractivity contribution in [3.05, 3.63) is 84.1 Å². The number of aryl methyl sites for hydroxylation is 1. The number of nitrogens with zero attached hydrogens (tertiary/aromatic N) is 2. The maximum Gasteiger partial charge on any atom is 0.227 e. The minimum Gasteiger partial charge on any atom is -0.497 e. The molecule has 0 aliphatic rings. The van der Waals surface area contributed by atoms with Crippen LogP contribution < -0.4 is 15.4 Å². The molecule has 0 fully saturated rings. The maximum absolute atomic E-state index is 5.20. The number of methoxy groups -OCH3 is 1. The van der Waals surface area contributed by atoms with Gasteiger partial charge in [0.25, 0.3) is 0 Å².